The van der Waals surface area contributed by atoms with Gasteiger partial charge in [0.25, 0.3) is 5.56 Å². The third-order valence-electron chi connectivity index (χ3n) is 6.70. The highest BCUT2D eigenvalue weighted by Gasteiger charge is 2.39. The number of hydrogen-bond donors (Lipinski definition) is 2. The van der Waals surface area contributed by atoms with Crippen molar-refractivity contribution in [2.45, 2.75) is 44.1 Å². The van der Waals surface area contributed by atoms with Gasteiger partial charge in [-0.1, -0.05) is 0 Å². The van der Waals surface area contributed by atoms with E-state index in [0.29, 0.717) is 46.4 Å². The van der Waals surface area contributed by atoms with E-state index < -0.39 is 17.1 Å². The molecule has 0 spiro atoms. The predicted molar refractivity (Wildman–Crippen MR) is 108 cm³/mol. The van der Waals surface area contributed by atoms with Gasteiger partial charge >= 0.3 is 5.69 Å². The largest absolute Gasteiger partial charge is 0.492 e. The summed E-state index contributed by atoms with van der Waals surface area (Å²) < 4.78 is 22.5. The standard InChI is InChI=1S/C20H26FN5O3/c1-29-18-16(24-7-6-12(8-24)15(22)11-4-5-11)13(21)9-25-17(18)14(10-2-3-10)19(27)26(23)20(25)28/h9-12,15H,2-8,22-23H2,1H3. The van der Waals surface area contributed by atoms with E-state index in [9.17, 15) is 9.59 Å². The molecule has 2 aliphatic carbocycles. The normalized spacial score (nSPS) is 23.0. The van der Waals surface area contributed by atoms with Crippen molar-refractivity contribution in [2.24, 2.45) is 17.6 Å². The van der Waals surface area contributed by atoms with Gasteiger partial charge in [0.2, 0.25) is 0 Å². The molecule has 2 atom stereocenters. The Morgan fingerprint density at radius 2 is 1.90 bits per heavy atom. The van der Waals surface area contributed by atoms with E-state index in [2.05, 4.69) is 0 Å². The molecule has 4 N–H and O–H groups in total. The number of ether oxygens (including phenoxy) is 1. The van der Waals surface area contributed by atoms with Crippen LogP contribution in [0.15, 0.2) is 15.8 Å². The maximum atomic E-state index is 15.2. The van der Waals surface area contributed by atoms with E-state index >= 15 is 4.39 Å². The summed E-state index contributed by atoms with van der Waals surface area (Å²) >= 11 is 0. The minimum absolute atomic E-state index is 0.00901. The van der Waals surface area contributed by atoms with Crippen LogP contribution in [0.4, 0.5) is 10.1 Å². The number of pyridine rings is 1. The Kier molecular flexibility index (Phi) is 4.13. The highest BCUT2D eigenvalue weighted by Crippen LogP contribution is 2.46. The van der Waals surface area contributed by atoms with E-state index in [1.807, 2.05) is 4.90 Å². The molecule has 3 fully saturated rings. The van der Waals surface area contributed by atoms with Gasteiger partial charge in [-0.25, -0.2) is 9.18 Å². The lowest BCUT2D eigenvalue weighted by molar-refractivity contribution is 0.408. The Morgan fingerprint density at radius 3 is 2.52 bits per heavy atom. The van der Waals surface area contributed by atoms with Gasteiger partial charge in [0, 0.05) is 19.1 Å². The lowest BCUT2D eigenvalue weighted by atomic mass is 9.96. The SMILES string of the molecule is COc1c(N2CCC(C(N)C3CC3)C2)c(F)cn2c(=O)n(N)c(=O)c(C3CC3)c12. The van der Waals surface area contributed by atoms with E-state index in [1.165, 1.54) is 20.0 Å². The second-order valence-electron chi connectivity index (χ2n) is 8.63. The molecule has 5 rings (SSSR count). The number of anilines is 1. The van der Waals surface area contributed by atoms with Crippen molar-refractivity contribution in [3.63, 3.8) is 0 Å². The average Bonchev–Trinajstić information content (AvgIpc) is 3.64. The first-order valence-electron chi connectivity index (χ1n) is 10.3. The molecular formula is C20H26FN5O3. The van der Waals surface area contributed by atoms with Gasteiger partial charge in [0.1, 0.15) is 11.2 Å². The molecule has 0 radical (unpaired) electrons. The fourth-order valence-corrected chi connectivity index (χ4v) is 4.80. The first kappa shape index (κ1) is 18.5. The molecule has 156 valence electrons. The minimum Gasteiger partial charge on any atom is -0.492 e. The average molecular weight is 403 g/mol. The van der Waals surface area contributed by atoms with Gasteiger partial charge in [-0.3, -0.25) is 9.20 Å². The van der Waals surface area contributed by atoms with Crippen LogP contribution in [0.2, 0.25) is 0 Å². The minimum atomic E-state index is -0.784. The first-order valence-corrected chi connectivity index (χ1v) is 10.3. The maximum absolute atomic E-state index is 15.2. The highest BCUT2D eigenvalue weighted by atomic mass is 19.1. The summed E-state index contributed by atoms with van der Waals surface area (Å²) in [5.41, 5.74) is 6.13. The number of nitrogens with zero attached hydrogens (tertiary/aromatic N) is 3. The summed E-state index contributed by atoms with van der Waals surface area (Å²) in [5.74, 6) is 6.22. The van der Waals surface area contributed by atoms with Crippen molar-refractivity contribution in [3.8, 4) is 5.75 Å². The van der Waals surface area contributed by atoms with Crippen molar-refractivity contribution in [1.82, 2.24) is 9.08 Å². The molecule has 2 saturated carbocycles. The molecule has 0 bridgehead atoms. The van der Waals surface area contributed by atoms with Crippen LogP contribution < -0.4 is 32.5 Å². The summed E-state index contributed by atoms with van der Waals surface area (Å²) in [5, 5.41) is 0. The number of nitrogens with two attached hydrogens (primary N) is 2. The third kappa shape index (κ3) is 2.82. The van der Waals surface area contributed by atoms with E-state index in [4.69, 9.17) is 16.3 Å². The number of fused-ring (bicyclic) bond motifs is 1. The number of methoxy groups -OCH3 is 1. The molecule has 8 nitrogen and oxygen atoms in total. The smallest absolute Gasteiger partial charge is 0.354 e. The molecule has 3 heterocycles. The van der Waals surface area contributed by atoms with Crippen molar-refractivity contribution >= 4 is 11.2 Å². The second kappa shape index (κ2) is 6.48. The van der Waals surface area contributed by atoms with Crippen molar-refractivity contribution in [1.29, 1.82) is 0 Å². The Labute approximate surface area is 166 Å². The summed E-state index contributed by atoms with van der Waals surface area (Å²) in [6, 6.07) is 0.128. The number of rotatable bonds is 5. The quantitative estimate of drug-likeness (QED) is 0.714. The molecule has 2 aromatic rings. The molecule has 1 aliphatic heterocycles. The lowest BCUT2D eigenvalue weighted by Gasteiger charge is -2.25. The number of hydrogen-bond acceptors (Lipinski definition) is 6. The van der Waals surface area contributed by atoms with E-state index in [1.54, 1.807) is 0 Å². The van der Waals surface area contributed by atoms with E-state index in [0.717, 1.165) is 29.9 Å². The molecule has 29 heavy (non-hydrogen) atoms. The number of nitrogen functional groups attached to an aromatic ring is 1. The van der Waals surface area contributed by atoms with Crippen LogP contribution in [0.3, 0.4) is 0 Å². The van der Waals surface area contributed by atoms with Crippen LogP contribution in [0.5, 0.6) is 5.75 Å². The Morgan fingerprint density at radius 1 is 1.17 bits per heavy atom. The fourth-order valence-electron chi connectivity index (χ4n) is 4.80. The van der Waals surface area contributed by atoms with Crippen molar-refractivity contribution in [2.75, 3.05) is 30.9 Å². The van der Waals surface area contributed by atoms with E-state index in [-0.39, 0.29) is 17.7 Å². The van der Waals surface area contributed by atoms with Crippen LogP contribution in [-0.4, -0.2) is 35.3 Å². The molecule has 1 saturated heterocycles. The molecule has 3 aliphatic rings. The zero-order valence-electron chi connectivity index (χ0n) is 16.4. The summed E-state index contributed by atoms with van der Waals surface area (Å²) in [4.78, 5) is 27.2. The number of aromatic nitrogens is 2. The van der Waals surface area contributed by atoms with Crippen LogP contribution in [0.25, 0.3) is 5.52 Å². The van der Waals surface area contributed by atoms with Gasteiger partial charge < -0.3 is 21.2 Å². The van der Waals surface area contributed by atoms with Gasteiger partial charge in [-0.15, -0.1) is 0 Å². The molecule has 2 unspecified atom stereocenters. The topological polar surface area (TPSA) is 108 Å². The molecule has 0 aromatic carbocycles. The fraction of sp³-hybridized carbons (Fsp3) is 0.600. The molecule has 2 aromatic heterocycles. The Bertz CT molecular complexity index is 1100. The molecule has 0 amide bonds. The summed E-state index contributed by atoms with van der Waals surface area (Å²) in [6.45, 7) is 1.30. The first-order chi connectivity index (χ1) is 13.9. The predicted octanol–water partition coefficient (Wildman–Crippen LogP) is 0.764. The van der Waals surface area contributed by atoms with Crippen LogP contribution in [0, 0.1) is 17.7 Å². The summed E-state index contributed by atoms with van der Waals surface area (Å²) in [6.07, 6.45) is 6.02. The highest BCUT2D eigenvalue weighted by molar-refractivity contribution is 5.78. The Hall–Kier alpha value is -2.55. The van der Waals surface area contributed by atoms with Gasteiger partial charge in [0.05, 0.1) is 18.9 Å². The van der Waals surface area contributed by atoms with Crippen LogP contribution in [0.1, 0.15) is 43.6 Å². The molecular weight excluding hydrogens is 377 g/mol. The molecule has 9 heteroatoms. The van der Waals surface area contributed by atoms with Crippen molar-refractivity contribution < 1.29 is 9.13 Å². The van der Waals surface area contributed by atoms with Gasteiger partial charge in [-0.05, 0) is 49.9 Å². The maximum Gasteiger partial charge on any atom is 0.354 e. The third-order valence-corrected chi connectivity index (χ3v) is 6.70. The Balaban J connectivity index is 1.68. The second-order valence-corrected chi connectivity index (χ2v) is 8.63. The van der Waals surface area contributed by atoms with Gasteiger partial charge in [0.15, 0.2) is 11.6 Å². The number of halogens is 1. The van der Waals surface area contributed by atoms with Crippen LogP contribution in [-0.2, 0) is 0 Å². The zero-order chi connectivity index (χ0) is 20.4. The lowest BCUT2D eigenvalue weighted by Crippen LogP contribution is -2.44. The zero-order valence-corrected chi connectivity index (χ0v) is 16.4. The van der Waals surface area contributed by atoms with Gasteiger partial charge in [-0.2, -0.15) is 4.68 Å². The monoisotopic (exact) mass is 403 g/mol. The van der Waals surface area contributed by atoms with Crippen molar-refractivity contribution in [3.05, 3.63) is 38.4 Å². The summed E-state index contributed by atoms with van der Waals surface area (Å²) in [7, 11) is 1.44. The van der Waals surface area contributed by atoms with Crippen LogP contribution >= 0.6 is 0 Å².